The standard InChI is InChI=1S/C23H18N4O7S.C16H15N3O3S.C7H4ClNO4/c1-26-12-15(25-23(30)34-17-6-4-16(5-7-17)27(31)32)11-18(26)21(28)24-14-3-8-19-13(9-14)10-20(35-19)22(29)33-2;1-19-8-10(17)7-12(19)15(20)18-11-3-4-13-9(5-11)6-14(23-13)16(21)22-2;8-7(10)13-6-3-1-5(2-4-6)9(11)12/h3-12H,1-2H3,(H,24,28)(H,25,30);3-8H,17H2,1-2H3,(H,18,20);1-4H. The molecule has 0 aliphatic rings. The first-order chi connectivity index (χ1) is 33.8. The van der Waals surface area contributed by atoms with Gasteiger partial charge in [-0.1, -0.05) is 0 Å². The largest absolute Gasteiger partial charge is 0.465 e. The number of amides is 3. The molecule has 0 atom stereocenters. The van der Waals surface area contributed by atoms with Crippen molar-refractivity contribution >= 4 is 124 Å². The smallest absolute Gasteiger partial charge is 0.417 e. The zero-order chi connectivity index (χ0) is 51.5. The van der Waals surface area contributed by atoms with E-state index in [2.05, 4.69) is 20.7 Å². The van der Waals surface area contributed by atoms with Gasteiger partial charge in [0.15, 0.2) is 0 Å². The Morgan fingerprint density at radius 2 is 1.01 bits per heavy atom. The number of hydrogen-bond donors (Lipinski definition) is 4. The van der Waals surface area contributed by atoms with Crippen molar-refractivity contribution in [1.29, 1.82) is 0 Å². The first-order valence-corrected chi connectivity index (χ1v) is 22.1. The molecule has 71 heavy (non-hydrogen) atoms. The van der Waals surface area contributed by atoms with Gasteiger partial charge in [-0.3, -0.25) is 35.1 Å². The number of rotatable bonds is 11. The molecule has 4 heterocycles. The highest BCUT2D eigenvalue weighted by Crippen LogP contribution is 2.31. The quantitative estimate of drug-likeness (QED) is 0.0405. The summed E-state index contributed by atoms with van der Waals surface area (Å²) in [7, 11) is 6.07. The van der Waals surface area contributed by atoms with Crippen LogP contribution in [0, 0.1) is 20.2 Å². The number of nitrogens with one attached hydrogen (secondary N) is 3. The molecule has 5 N–H and O–H groups in total. The number of nitrogens with zero attached hydrogens (tertiary/aromatic N) is 4. The van der Waals surface area contributed by atoms with E-state index in [1.54, 1.807) is 67.3 Å². The van der Waals surface area contributed by atoms with Crippen molar-refractivity contribution in [2.75, 3.05) is 35.9 Å². The lowest BCUT2D eigenvalue weighted by Gasteiger charge is -2.06. The van der Waals surface area contributed by atoms with Crippen LogP contribution in [0.1, 0.15) is 40.3 Å². The molecule has 364 valence electrons. The maximum absolute atomic E-state index is 12.8. The third-order valence-electron chi connectivity index (χ3n) is 9.57. The number of nitro groups is 2. The van der Waals surface area contributed by atoms with Gasteiger partial charge < -0.3 is 44.4 Å². The first-order valence-electron chi connectivity index (χ1n) is 20.1. The summed E-state index contributed by atoms with van der Waals surface area (Å²) in [5.41, 5.74) is 7.29. The van der Waals surface area contributed by atoms with Crippen LogP contribution in [0.3, 0.4) is 0 Å². The predicted molar refractivity (Wildman–Crippen MR) is 265 cm³/mol. The Labute approximate surface area is 413 Å². The van der Waals surface area contributed by atoms with Crippen LogP contribution in [-0.2, 0) is 23.6 Å². The number of carbonyl (C=O) groups excluding carboxylic acids is 6. The normalized spacial score (nSPS) is 10.4. The Morgan fingerprint density at radius 1 is 0.577 bits per heavy atom. The lowest BCUT2D eigenvalue weighted by atomic mass is 10.2. The molecule has 0 fully saturated rings. The Hall–Kier alpha value is -9.13. The van der Waals surface area contributed by atoms with E-state index in [-0.39, 0.29) is 40.4 Å². The fraction of sp³-hybridized carbons (Fsp3) is 0.0870. The average molecular weight is 1030 g/mol. The molecule has 0 unspecified atom stereocenters. The molecule has 0 aliphatic heterocycles. The summed E-state index contributed by atoms with van der Waals surface area (Å²) in [6.45, 7) is 0. The maximum atomic E-state index is 12.8. The third kappa shape index (κ3) is 13.5. The van der Waals surface area contributed by atoms with Crippen LogP contribution < -0.4 is 31.2 Å². The zero-order valence-corrected chi connectivity index (χ0v) is 39.7. The number of esters is 2. The van der Waals surface area contributed by atoms with Crippen LogP contribution in [0.25, 0.3) is 20.2 Å². The fourth-order valence-corrected chi connectivity index (χ4v) is 8.34. The van der Waals surface area contributed by atoms with Crippen LogP contribution in [-0.4, -0.2) is 68.5 Å². The molecule has 8 aromatic rings. The van der Waals surface area contributed by atoms with E-state index in [0.717, 1.165) is 20.2 Å². The Balaban J connectivity index is 0.000000195. The first kappa shape index (κ1) is 51.3. The highest BCUT2D eigenvalue weighted by molar-refractivity contribution is 7.21. The van der Waals surface area contributed by atoms with Crippen molar-refractivity contribution < 1.29 is 57.6 Å². The van der Waals surface area contributed by atoms with Crippen molar-refractivity contribution in [3.8, 4) is 11.5 Å². The molecule has 4 aromatic carbocycles. The van der Waals surface area contributed by atoms with Gasteiger partial charge in [-0.05, 0) is 95.7 Å². The molecule has 25 heteroatoms. The lowest BCUT2D eigenvalue weighted by molar-refractivity contribution is -0.385. The highest BCUT2D eigenvalue weighted by Gasteiger charge is 2.18. The number of carbonyl (C=O) groups is 6. The summed E-state index contributed by atoms with van der Waals surface area (Å²) < 4.78 is 24.1. The number of aromatic nitrogens is 2. The number of non-ortho nitro benzene ring substituents is 2. The van der Waals surface area contributed by atoms with Crippen molar-refractivity contribution in [3.63, 3.8) is 0 Å². The number of nitrogens with two attached hydrogens (primary N) is 1. The summed E-state index contributed by atoms with van der Waals surface area (Å²) >= 11 is 7.57. The number of halogens is 1. The number of nitrogen functional groups attached to an aromatic ring is 1. The number of methoxy groups -OCH3 is 2. The molecule has 0 spiro atoms. The fourth-order valence-electron chi connectivity index (χ4n) is 6.32. The summed E-state index contributed by atoms with van der Waals surface area (Å²) in [6.07, 6.45) is 2.40. The van der Waals surface area contributed by atoms with Crippen molar-refractivity contribution in [2.24, 2.45) is 14.1 Å². The summed E-state index contributed by atoms with van der Waals surface area (Å²) in [5.74, 6) is -1.14. The molecule has 4 aromatic heterocycles. The van der Waals surface area contributed by atoms with Gasteiger partial charge in [0.2, 0.25) is 0 Å². The van der Waals surface area contributed by atoms with Crippen molar-refractivity contribution in [1.82, 2.24) is 9.13 Å². The number of benzene rings is 4. The van der Waals surface area contributed by atoms with Gasteiger partial charge in [0, 0.05) is 83.1 Å². The van der Waals surface area contributed by atoms with Gasteiger partial charge in [0.1, 0.15) is 32.6 Å². The Bertz CT molecular complexity index is 3350. The second kappa shape index (κ2) is 22.8. The number of aryl methyl sites for hydroxylation is 2. The van der Waals surface area contributed by atoms with Gasteiger partial charge in [-0.15, -0.1) is 22.7 Å². The Morgan fingerprint density at radius 3 is 1.42 bits per heavy atom. The van der Waals surface area contributed by atoms with E-state index in [1.165, 1.54) is 102 Å². The number of anilines is 4. The topological polar surface area (TPSA) is 298 Å². The van der Waals surface area contributed by atoms with Crippen LogP contribution in [0.15, 0.2) is 122 Å². The molecular weight excluding hydrogens is 988 g/mol. The molecule has 22 nitrogen and oxygen atoms in total. The second-order valence-corrected chi connectivity index (χ2v) is 16.9. The van der Waals surface area contributed by atoms with Gasteiger partial charge in [-0.25, -0.2) is 19.2 Å². The predicted octanol–water partition coefficient (Wildman–Crippen LogP) is 9.99. The van der Waals surface area contributed by atoms with E-state index in [1.807, 2.05) is 12.1 Å². The van der Waals surface area contributed by atoms with Gasteiger partial charge in [0.05, 0.1) is 35.4 Å². The summed E-state index contributed by atoms with van der Waals surface area (Å²) in [4.78, 5) is 91.6. The number of nitro benzene ring substituents is 2. The maximum Gasteiger partial charge on any atom is 0.417 e. The lowest BCUT2D eigenvalue weighted by Crippen LogP contribution is -2.16. The Kier molecular flexibility index (Phi) is 16.4. The minimum absolute atomic E-state index is 0.0747. The van der Waals surface area contributed by atoms with Gasteiger partial charge >= 0.3 is 23.5 Å². The molecule has 0 saturated carbocycles. The third-order valence-corrected chi connectivity index (χ3v) is 11.8. The zero-order valence-electron chi connectivity index (χ0n) is 37.3. The molecule has 0 aliphatic carbocycles. The van der Waals surface area contributed by atoms with E-state index in [9.17, 15) is 49.0 Å². The average Bonchev–Trinajstić information content (AvgIpc) is 4.13. The minimum atomic E-state index is -0.978. The number of hydrogen-bond acceptors (Lipinski definition) is 17. The van der Waals surface area contributed by atoms with Crippen LogP contribution in [0.4, 0.5) is 43.7 Å². The summed E-state index contributed by atoms with van der Waals surface area (Å²) in [5, 5.41) is 30.7. The van der Waals surface area contributed by atoms with E-state index in [0.29, 0.717) is 38.2 Å². The second-order valence-electron chi connectivity index (χ2n) is 14.5. The highest BCUT2D eigenvalue weighted by atomic mass is 35.5. The monoisotopic (exact) mass is 1020 g/mol. The molecule has 0 bridgehead atoms. The van der Waals surface area contributed by atoms with E-state index >= 15 is 0 Å². The van der Waals surface area contributed by atoms with Crippen LogP contribution in [0.5, 0.6) is 11.5 Å². The SMILES string of the molecule is COC(=O)c1cc2cc(NC(=O)c3cc(N)cn3C)ccc2s1.COC(=O)c1cc2cc(NC(=O)c3cc(NC(=O)Oc4ccc([N+](=O)[O-])cc4)cn3C)ccc2s1.O=C(Cl)Oc1ccc([N+](=O)[O-])cc1. The minimum Gasteiger partial charge on any atom is -0.465 e. The van der Waals surface area contributed by atoms with Gasteiger partial charge in [0.25, 0.3) is 23.2 Å². The molecule has 3 amide bonds. The number of thiophene rings is 2. The molecule has 8 rings (SSSR count). The van der Waals surface area contributed by atoms with Crippen LogP contribution in [0.2, 0.25) is 0 Å². The van der Waals surface area contributed by atoms with Crippen LogP contribution >= 0.6 is 34.3 Å². The summed E-state index contributed by atoms with van der Waals surface area (Å²) in [6, 6.07) is 27.4. The molecular formula is C46H37ClN8O14S2. The molecule has 0 radical (unpaired) electrons. The van der Waals surface area contributed by atoms with E-state index in [4.69, 9.17) is 31.5 Å². The number of fused-ring (bicyclic) bond motifs is 2. The molecule has 0 saturated heterocycles. The number of ether oxygens (including phenoxy) is 4. The van der Waals surface area contributed by atoms with E-state index < -0.39 is 33.2 Å². The van der Waals surface area contributed by atoms with Gasteiger partial charge in [-0.2, -0.15) is 0 Å². The van der Waals surface area contributed by atoms with Crippen molar-refractivity contribution in [3.05, 3.63) is 163 Å². The van der Waals surface area contributed by atoms with Crippen molar-refractivity contribution in [2.45, 2.75) is 0 Å².